The molecule has 0 saturated carbocycles. The van der Waals surface area contributed by atoms with Crippen molar-refractivity contribution in [3.05, 3.63) is 71.8 Å². The molecule has 1 fully saturated rings. The van der Waals surface area contributed by atoms with Crippen LogP contribution in [0.15, 0.2) is 80.6 Å². The number of amides is 2. The van der Waals surface area contributed by atoms with E-state index in [0.717, 1.165) is 35.9 Å². The van der Waals surface area contributed by atoms with E-state index in [1.54, 1.807) is 4.90 Å². The molecule has 4 rings (SSSR count). The summed E-state index contributed by atoms with van der Waals surface area (Å²) in [6.45, 7) is 16.0. The molecule has 200 valence electrons. The van der Waals surface area contributed by atoms with Gasteiger partial charge in [0.25, 0.3) is 0 Å². The number of carbonyl (C=O) groups is 1. The molecule has 0 atom stereocenters. The van der Waals surface area contributed by atoms with Crippen LogP contribution in [-0.4, -0.2) is 65.4 Å². The van der Waals surface area contributed by atoms with E-state index in [4.69, 9.17) is 15.0 Å². The highest BCUT2D eigenvalue weighted by Gasteiger charge is 2.52. The van der Waals surface area contributed by atoms with Gasteiger partial charge in [-0.1, -0.05) is 88.4 Å². The van der Waals surface area contributed by atoms with Gasteiger partial charge in [-0.3, -0.25) is 0 Å². The SMILES string of the molecule is CCN(CC)C(=O)/N=C(\N=C(N=C1N=C(N2CCCC2)C(C)(C)C1(C)C)c1ccccc1)c1ccccc1. The lowest BCUT2D eigenvalue weighted by Crippen LogP contribution is -2.44. The zero-order valence-corrected chi connectivity index (χ0v) is 23.6. The second-order valence-electron chi connectivity index (χ2n) is 10.9. The van der Waals surface area contributed by atoms with Crippen molar-refractivity contribution in [3.8, 4) is 0 Å². The number of amidine groups is 4. The van der Waals surface area contributed by atoms with Crippen LogP contribution in [-0.2, 0) is 0 Å². The second kappa shape index (κ2) is 11.4. The van der Waals surface area contributed by atoms with E-state index in [9.17, 15) is 4.79 Å². The standard InChI is InChI=1S/C31H40N6O/c1-7-36(8-2)29(38)34-26(24-19-13-10-14-20-24)32-25(23-17-11-9-12-18-23)33-27-30(3,4)31(5,6)28(35-27)37-21-15-16-22-37/h9-14,17-20H,7-8,15-16,21-22H2,1-6H3/b32-25?,33-27?,34-26-. The third-order valence-corrected chi connectivity index (χ3v) is 8.02. The van der Waals surface area contributed by atoms with Gasteiger partial charge in [-0.2, -0.15) is 4.99 Å². The normalized spacial score (nSPS) is 20.1. The molecule has 2 aliphatic rings. The molecule has 0 radical (unpaired) electrons. The molecule has 2 amide bonds. The molecule has 2 heterocycles. The number of hydrogen-bond donors (Lipinski definition) is 0. The summed E-state index contributed by atoms with van der Waals surface area (Å²) in [5, 5.41) is 0. The first-order valence-corrected chi connectivity index (χ1v) is 13.7. The van der Waals surface area contributed by atoms with Crippen molar-refractivity contribution in [1.82, 2.24) is 9.80 Å². The fraction of sp³-hybridized carbons (Fsp3) is 0.452. The molecule has 7 heteroatoms. The Labute approximate surface area is 227 Å². The van der Waals surface area contributed by atoms with Crippen molar-refractivity contribution in [3.63, 3.8) is 0 Å². The second-order valence-corrected chi connectivity index (χ2v) is 10.9. The molecule has 1 saturated heterocycles. The van der Waals surface area contributed by atoms with Crippen molar-refractivity contribution in [2.75, 3.05) is 26.2 Å². The minimum absolute atomic E-state index is 0.187. The van der Waals surface area contributed by atoms with Crippen molar-refractivity contribution < 1.29 is 4.79 Å². The number of benzene rings is 2. The number of rotatable bonds is 4. The van der Waals surface area contributed by atoms with Crippen LogP contribution in [0.2, 0.25) is 0 Å². The van der Waals surface area contributed by atoms with Crippen LogP contribution in [0.25, 0.3) is 0 Å². The van der Waals surface area contributed by atoms with E-state index in [1.165, 1.54) is 12.8 Å². The average molecular weight is 513 g/mol. The molecule has 0 spiro atoms. The van der Waals surface area contributed by atoms with E-state index in [2.05, 4.69) is 37.6 Å². The Bertz CT molecular complexity index is 1250. The average Bonchev–Trinajstić information content (AvgIpc) is 3.50. The molecule has 0 aliphatic carbocycles. The lowest BCUT2D eigenvalue weighted by atomic mass is 9.68. The Kier molecular flexibility index (Phi) is 8.24. The molecule has 2 aliphatic heterocycles. The summed E-state index contributed by atoms with van der Waals surface area (Å²) in [6.07, 6.45) is 2.38. The molecule has 0 N–H and O–H groups in total. The van der Waals surface area contributed by atoms with Crippen molar-refractivity contribution in [1.29, 1.82) is 0 Å². The summed E-state index contributed by atoms with van der Waals surface area (Å²) in [7, 11) is 0. The third-order valence-electron chi connectivity index (χ3n) is 8.02. The Morgan fingerprint density at radius 1 is 0.816 bits per heavy atom. The minimum Gasteiger partial charge on any atom is -0.360 e. The Balaban J connectivity index is 1.89. The topological polar surface area (TPSA) is 73.0 Å². The van der Waals surface area contributed by atoms with Crippen molar-refractivity contribution in [2.24, 2.45) is 30.8 Å². The fourth-order valence-electron chi connectivity index (χ4n) is 4.84. The first kappa shape index (κ1) is 27.4. The molecule has 0 bridgehead atoms. The first-order chi connectivity index (χ1) is 18.2. The van der Waals surface area contributed by atoms with Gasteiger partial charge in [-0.05, 0) is 26.7 Å². The van der Waals surface area contributed by atoms with Gasteiger partial charge in [0, 0.05) is 48.1 Å². The van der Waals surface area contributed by atoms with Gasteiger partial charge in [0.05, 0.1) is 0 Å². The van der Waals surface area contributed by atoms with Gasteiger partial charge < -0.3 is 9.80 Å². The Morgan fingerprint density at radius 2 is 1.34 bits per heavy atom. The Hall–Kier alpha value is -3.61. The van der Waals surface area contributed by atoms with Gasteiger partial charge in [-0.15, -0.1) is 0 Å². The summed E-state index contributed by atoms with van der Waals surface area (Å²) >= 11 is 0. The molecule has 0 unspecified atom stereocenters. The Morgan fingerprint density at radius 3 is 1.87 bits per heavy atom. The monoisotopic (exact) mass is 512 g/mol. The zero-order chi connectivity index (χ0) is 27.3. The van der Waals surface area contributed by atoms with Crippen molar-refractivity contribution >= 4 is 29.4 Å². The van der Waals surface area contributed by atoms with Gasteiger partial charge in [0.1, 0.15) is 11.7 Å². The quantitative estimate of drug-likeness (QED) is 0.356. The number of urea groups is 1. The number of carbonyl (C=O) groups excluding carboxylic acids is 1. The van der Waals surface area contributed by atoms with E-state index in [-0.39, 0.29) is 16.9 Å². The smallest absolute Gasteiger partial charge is 0.345 e. The molecular weight excluding hydrogens is 472 g/mol. The largest absolute Gasteiger partial charge is 0.360 e. The lowest BCUT2D eigenvalue weighted by molar-refractivity contribution is 0.213. The predicted molar refractivity (Wildman–Crippen MR) is 158 cm³/mol. The van der Waals surface area contributed by atoms with Crippen LogP contribution in [0.4, 0.5) is 4.79 Å². The van der Waals surface area contributed by atoms with Crippen LogP contribution in [0.1, 0.15) is 65.5 Å². The summed E-state index contributed by atoms with van der Waals surface area (Å²) in [5.41, 5.74) is 1.10. The van der Waals surface area contributed by atoms with Crippen LogP contribution >= 0.6 is 0 Å². The fourth-order valence-corrected chi connectivity index (χ4v) is 4.84. The molecule has 2 aromatic carbocycles. The molecule has 38 heavy (non-hydrogen) atoms. The van der Waals surface area contributed by atoms with Crippen LogP contribution < -0.4 is 0 Å². The van der Waals surface area contributed by atoms with Crippen molar-refractivity contribution in [2.45, 2.75) is 54.4 Å². The van der Waals surface area contributed by atoms with Crippen LogP contribution in [0, 0.1) is 10.8 Å². The summed E-state index contributed by atoms with van der Waals surface area (Å²) in [4.78, 5) is 36.8. The number of aliphatic imine (C=N–C) groups is 4. The van der Waals surface area contributed by atoms with Gasteiger partial charge >= 0.3 is 6.03 Å². The maximum absolute atomic E-state index is 13.0. The van der Waals surface area contributed by atoms with E-state index in [0.29, 0.717) is 24.8 Å². The summed E-state index contributed by atoms with van der Waals surface area (Å²) in [5.74, 6) is 2.67. The summed E-state index contributed by atoms with van der Waals surface area (Å²) in [6, 6.07) is 19.2. The number of nitrogens with zero attached hydrogens (tertiary/aromatic N) is 6. The summed E-state index contributed by atoms with van der Waals surface area (Å²) < 4.78 is 0. The van der Waals surface area contributed by atoms with Gasteiger partial charge in [0.2, 0.25) is 0 Å². The predicted octanol–water partition coefficient (Wildman–Crippen LogP) is 6.30. The maximum Gasteiger partial charge on any atom is 0.345 e. The highest BCUT2D eigenvalue weighted by molar-refractivity contribution is 6.19. The first-order valence-electron chi connectivity index (χ1n) is 13.7. The van der Waals surface area contributed by atoms with E-state index in [1.807, 2.05) is 74.5 Å². The van der Waals surface area contributed by atoms with Gasteiger partial charge in [-0.25, -0.2) is 19.8 Å². The molecular formula is C31H40N6O. The maximum atomic E-state index is 13.0. The van der Waals surface area contributed by atoms with Gasteiger partial charge in [0.15, 0.2) is 11.7 Å². The highest BCUT2D eigenvalue weighted by atomic mass is 16.2. The lowest BCUT2D eigenvalue weighted by Gasteiger charge is -2.38. The van der Waals surface area contributed by atoms with E-state index < -0.39 is 0 Å². The van der Waals surface area contributed by atoms with Crippen LogP contribution in [0.3, 0.4) is 0 Å². The third kappa shape index (κ3) is 5.47. The highest BCUT2D eigenvalue weighted by Crippen LogP contribution is 2.47. The minimum atomic E-state index is -0.318. The molecule has 7 nitrogen and oxygen atoms in total. The number of hydrogen-bond acceptors (Lipinski definition) is 2. The molecule has 0 aromatic heterocycles. The zero-order valence-electron chi connectivity index (χ0n) is 23.6. The van der Waals surface area contributed by atoms with E-state index >= 15 is 0 Å². The molecule has 2 aromatic rings. The number of likely N-dealkylation sites (tertiary alicyclic amines) is 1. The van der Waals surface area contributed by atoms with Crippen LogP contribution in [0.5, 0.6) is 0 Å².